The van der Waals surface area contributed by atoms with Gasteiger partial charge in [-0.25, -0.2) is 4.68 Å². The minimum atomic E-state index is -0.444. The van der Waals surface area contributed by atoms with Crippen molar-refractivity contribution >= 4 is 24.0 Å². The third kappa shape index (κ3) is 4.20. The molecule has 1 fully saturated rings. The predicted octanol–water partition coefficient (Wildman–Crippen LogP) is 2.42. The summed E-state index contributed by atoms with van der Waals surface area (Å²) in [5, 5.41) is 18.4. The predicted molar refractivity (Wildman–Crippen MR) is 100 cm³/mol. The highest BCUT2D eigenvalue weighted by molar-refractivity contribution is 5.92. The van der Waals surface area contributed by atoms with E-state index in [2.05, 4.69) is 17.3 Å². The summed E-state index contributed by atoms with van der Waals surface area (Å²) < 4.78 is 1.56. The number of carbonyl (C=O) groups excluding carboxylic acids is 1. The van der Waals surface area contributed by atoms with Gasteiger partial charge in [-0.3, -0.25) is 14.9 Å². The van der Waals surface area contributed by atoms with E-state index in [1.165, 1.54) is 12.1 Å². The lowest BCUT2D eigenvalue weighted by atomic mass is 10.2. The van der Waals surface area contributed by atoms with Crippen LogP contribution in [0, 0.1) is 10.1 Å². The number of hydrogen-bond acceptors (Lipinski definition) is 5. The summed E-state index contributed by atoms with van der Waals surface area (Å²) >= 11 is 0. The number of benzene rings is 1. The van der Waals surface area contributed by atoms with Crippen LogP contribution in [0.3, 0.4) is 0 Å². The Bertz CT molecular complexity index is 756. The van der Waals surface area contributed by atoms with Gasteiger partial charge >= 0.3 is 0 Å². The van der Waals surface area contributed by atoms with Crippen LogP contribution >= 0.6 is 12.4 Å². The largest absolute Gasteiger partial charge is 0.333 e. The van der Waals surface area contributed by atoms with E-state index in [1.807, 2.05) is 4.90 Å². The molecule has 2 heterocycles. The number of nitro groups is 1. The maximum atomic E-state index is 12.8. The number of amides is 1. The van der Waals surface area contributed by atoms with Crippen LogP contribution < -0.4 is 5.32 Å². The molecule has 26 heavy (non-hydrogen) atoms. The van der Waals surface area contributed by atoms with Gasteiger partial charge in [0.05, 0.1) is 10.6 Å². The van der Waals surface area contributed by atoms with Crippen molar-refractivity contribution in [3.8, 4) is 5.69 Å². The van der Waals surface area contributed by atoms with Gasteiger partial charge in [-0.2, -0.15) is 5.10 Å². The normalized spacial score (nSPS) is 16.1. The highest BCUT2D eigenvalue weighted by atomic mass is 35.5. The summed E-state index contributed by atoms with van der Waals surface area (Å²) in [6, 6.07) is 7.97. The van der Waals surface area contributed by atoms with E-state index < -0.39 is 4.92 Å². The van der Waals surface area contributed by atoms with Crippen molar-refractivity contribution in [2.45, 2.75) is 25.8 Å². The molecule has 1 unspecified atom stereocenters. The molecule has 2 aromatic rings. The molecule has 3 rings (SSSR count). The van der Waals surface area contributed by atoms with Crippen molar-refractivity contribution < 1.29 is 9.72 Å². The number of carbonyl (C=O) groups is 1. The van der Waals surface area contributed by atoms with Crippen LogP contribution in [0.25, 0.3) is 5.69 Å². The van der Waals surface area contributed by atoms with E-state index in [0.29, 0.717) is 17.9 Å². The Morgan fingerprint density at radius 1 is 1.38 bits per heavy atom. The average molecular weight is 380 g/mol. The Hall–Kier alpha value is -2.45. The number of non-ortho nitro benzene ring substituents is 1. The Balaban J connectivity index is 0.00000243. The summed E-state index contributed by atoms with van der Waals surface area (Å²) in [5.74, 6) is -0.0730. The molecule has 1 aromatic heterocycles. The minimum Gasteiger partial charge on any atom is -0.333 e. The zero-order valence-electron chi connectivity index (χ0n) is 14.5. The molecule has 0 bridgehead atoms. The molecule has 0 aliphatic carbocycles. The number of halogens is 1. The van der Waals surface area contributed by atoms with E-state index in [0.717, 1.165) is 25.9 Å². The standard InChI is InChI=1S/C17H21N5O3.ClH/c1-2-10-20(15-7-9-18-12-15)17(23)16-8-11-21(19-16)13-3-5-14(6-4-13)22(24)25;/h3-6,8,11,15,18H,2,7,9-10,12H2,1H3;1H. The Labute approximate surface area is 157 Å². The number of rotatable bonds is 6. The second-order valence-electron chi connectivity index (χ2n) is 6.06. The average Bonchev–Trinajstić information content (AvgIpc) is 3.31. The van der Waals surface area contributed by atoms with Crippen LogP contribution in [0.15, 0.2) is 36.5 Å². The van der Waals surface area contributed by atoms with Crippen molar-refractivity contribution in [3.63, 3.8) is 0 Å². The first-order chi connectivity index (χ1) is 12.1. The van der Waals surface area contributed by atoms with E-state index in [-0.39, 0.29) is 30.0 Å². The zero-order valence-corrected chi connectivity index (χ0v) is 15.3. The van der Waals surface area contributed by atoms with Crippen molar-refractivity contribution in [1.82, 2.24) is 20.0 Å². The van der Waals surface area contributed by atoms with Crippen LogP contribution in [0.5, 0.6) is 0 Å². The summed E-state index contributed by atoms with van der Waals surface area (Å²) in [7, 11) is 0. The molecule has 9 heteroatoms. The van der Waals surface area contributed by atoms with Crippen molar-refractivity contribution in [3.05, 3.63) is 52.3 Å². The van der Waals surface area contributed by atoms with Gasteiger partial charge < -0.3 is 10.2 Å². The lowest BCUT2D eigenvalue weighted by Gasteiger charge is -2.27. The molecule has 0 radical (unpaired) electrons. The van der Waals surface area contributed by atoms with Crippen LogP contribution in [0.1, 0.15) is 30.3 Å². The van der Waals surface area contributed by atoms with E-state index in [1.54, 1.807) is 29.1 Å². The SMILES string of the molecule is CCCN(C(=O)c1ccn(-c2ccc([N+](=O)[O-])cc2)n1)C1CCNC1.Cl. The van der Waals surface area contributed by atoms with Gasteiger partial charge in [-0.15, -0.1) is 12.4 Å². The molecule has 1 amide bonds. The van der Waals surface area contributed by atoms with Gasteiger partial charge in [0.15, 0.2) is 5.69 Å². The maximum absolute atomic E-state index is 12.8. The number of nitrogens with zero attached hydrogens (tertiary/aromatic N) is 4. The van der Waals surface area contributed by atoms with Gasteiger partial charge in [0.1, 0.15) is 0 Å². The van der Waals surface area contributed by atoms with E-state index in [4.69, 9.17) is 0 Å². The third-order valence-corrected chi connectivity index (χ3v) is 4.33. The first-order valence-electron chi connectivity index (χ1n) is 8.42. The third-order valence-electron chi connectivity index (χ3n) is 4.33. The summed E-state index contributed by atoms with van der Waals surface area (Å²) in [6.07, 6.45) is 3.55. The first-order valence-corrected chi connectivity index (χ1v) is 8.42. The smallest absolute Gasteiger partial charge is 0.274 e. The number of aromatic nitrogens is 2. The molecule has 0 saturated carbocycles. The molecular weight excluding hydrogens is 358 g/mol. The van der Waals surface area contributed by atoms with E-state index in [9.17, 15) is 14.9 Å². The lowest BCUT2D eigenvalue weighted by molar-refractivity contribution is -0.384. The minimum absolute atomic E-state index is 0. The highest BCUT2D eigenvalue weighted by Gasteiger charge is 2.27. The monoisotopic (exact) mass is 379 g/mol. The van der Waals surface area contributed by atoms with Gasteiger partial charge in [0.25, 0.3) is 11.6 Å². The van der Waals surface area contributed by atoms with Gasteiger partial charge in [-0.05, 0) is 37.6 Å². The topological polar surface area (TPSA) is 93.3 Å². The molecule has 8 nitrogen and oxygen atoms in total. The number of nitro benzene ring substituents is 1. The fourth-order valence-corrected chi connectivity index (χ4v) is 3.05. The van der Waals surface area contributed by atoms with Crippen LogP contribution in [-0.4, -0.2) is 51.2 Å². The molecule has 1 N–H and O–H groups in total. The molecule has 1 aliphatic rings. The Morgan fingerprint density at radius 3 is 2.69 bits per heavy atom. The van der Waals surface area contributed by atoms with Gasteiger partial charge in [0, 0.05) is 37.5 Å². The zero-order chi connectivity index (χ0) is 17.8. The van der Waals surface area contributed by atoms with Crippen LogP contribution in [0.2, 0.25) is 0 Å². The quantitative estimate of drug-likeness (QED) is 0.614. The van der Waals surface area contributed by atoms with Crippen LogP contribution in [0.4, 0.5) is 5.69 Å². The Morgan fingerprint density at radius 2 is 2.12 bits per heavy atom. The Kier molecular flexibility index (Phi) is 6.70. The summed E-state index contributed by atoms with van der Waals surface area (Å²) in [5.41, 5.74) is 1.09. The fourth-order valence-electron chi connectivity index (χ4n) is 3.05. The lowest BCUT2D eigenvalue weighted by Crippen LogP contribution is -2.42. The van der Waals surface area contributed by atoms with Gasteiger partial charge in [0.2, 0.25) is 0 Å². The van der Waals surface area contributed by atoms with Crippen molar-refractivity contribution in [1.29, 1.82) is 0 Å². The fraction of sp³-hybridized carbons (Fsp3) is 0.412. The van der Waals surface area contributed by atoms with Gasteiger partial charge in [-0.1, -0.05) is 6.92 Å². The molecule has 1 aromatic carbocycles. The number of hydrogen-bond donors (Lipinski definition) is 1. The highest BCUT2D eigenvalue weighted by Crippen LogP contribution is 2.17. The van der Waals surface area contributed by atoms with Crippen LogP contribution in [-0.2, 0) is 0 Å². The molecule has 1 saturated heterocycles. The summed E-state index contributed by atoms with van der Waals surface area (Å²) in [6.45, 7) is 4.50. The second kappa shape index (κ2) is 8.77. The molecule has 1 atom stereocenters. The molecule has 1 aliphatic heterocycles. The second-order valence-corrected chi connectivity index (χ2v) is 6.06. The molecular formula is C17H22ClN5O3. The molecule has 0 spiro atoms. The van der Waals surface area contributed by atoms with Crippen molar-refractivity contribution in [2.24, 2.45) is 0 Å². The van der Waals surface area contributed by atoms with E-state index >= 15 is 0 Å². The molecule has 140 valence electrons. The van der Waals surface area contributed by atoms with Crippen molar-refractivity contribution in [2.75, 3.05) is 19.6 Å². The number of nitrogens with one attached hydrogen (secondary N) is 1. The first kappa shape index (κ1) is 19.9. The maximum Gasteiger partial charge on any atom is 0.274 e. The summed E-state index contributed by atoms with van der Waals surface area (Å²) in [4.78, 5) is 25.0.